The number of rotatable bonds is 4. The van der Waals surface area contributed by atoms with Gasteiger partial charge >= 0.3 is 0 Å². The van der Waals surface area contributed by atoms with Crippen molar-refractivity contribution in [3.8, 4) is 39.5 Å². The summed E-state index contributed by atoms with van der Waals surface area (Å²) in [4.78, 5) is 11.3. The van der Waals surface area contributed by atoms with Gasteiger partial charge in [0, 0.05) is 47.3 Å². The number of nitrogens with zero attached hydrogens (tertiary/aromatic N) is 3. The summed E-state index contributed by atoms with van der Waals surface area (Å²) in [5, 5.41) is 13.4. The summed E-state index contributed by atoms with van der Waals surface area (Å²) in [6.45, 7) is 0. The maximum atomic E-state index is 5.69. The first-order chi connectivity index (χ1) is 28.8. The van der Waals surface area contributed by atoms with Gasteiger partial charge in [0.05, 0.1) is 22.2 Å². The van der Waals surface area contributed by atoms with Crippen molar-refractivity contribution >= 4 is 96.5 Å². The zero-order chi connectivity index (χ0) is 37.9. The Morgan fingerprint density at radius 1 is 0.345 bits per heavy atom. The van der Waals surface area contributed by atoms with E-state index in [-0.39, 0.29) is 0 Å². The van der Waals surface area contributed by atoms with E-state index in [2.05, 4.69) is 193 Å². The van der Waals surface area contributed by atoms with Crippen LogP contribution in [0.1, 0.15) is 0 Å². The van der Waals surface area contributed by atoms with Gasteiger partial charge in [-0.2, -0.15) is 0 Å². The van der Waals surface area contributed by atoms with E-state index in [4.69, 9.17) is 9.97 Å². The molecule has 10 aromatic carbocycles. The molecule has 0 spiro atoms. The van der Waals surface area contributed by atoms with Gasteiger partial charge < -0.3 is 0 Å². The Balaban J connectivity index is 1.20. The van der Waals surface area contributed by atoms with Crippen LogP contribution < -0.4 is 0 Å². The molecule has 0 aliphatic heterocycles. The molecule has 0 aliphatic carbocycles. The quantitative estimate of drug-likeness (QED) is 0.168. The van der Waals surface area contributed by atoms with E-state index in [1.807, 2.05) is 11.3 Å². The molecule has 0 amide bonds. The molecule has 268 valence electrons. The molecule has 0 fully saturated rings. The lowest BCUT2D eigenvalue weighted by Gasteiger charge is -2.15. The summed E-state index contributed by atoms with van der Waals surface area (Å²) >= 11 is 1.88. The standard InChI is InChI=1S/C54H31N3S/c1-3-13-32(14-4-1)35-29-36(33-15-5-2-6-16-33)31-37(30-35)52-43-26-25-34-17-7-8-18-38(34)53(43)56-54(55-52)57-44-23-11-21-41-39-19-9-10-20-40(39)42-22-12-24-46-49(42)51-47(58-46)28-27-45(57)50(51)48(41)44/h1-31H. The lowest BCUT2D eigenvalue weighted by Crippen LogP contribution is -2.04. The highest BCUT2D eigenvalue weighted by Gasteiger charge is 2.24. The summed E-state index contributed by atoms with van der Waals surface area (Å²) in [6, 6.07) is 68.3. The van der Waals surface area contributed by atoms with Gasteiger partial charge in [-0.15, -0.1) is 11.3 Å². The molecule has 0 N–H and O–H groups in total. The average Bonchev–Trinajstić information content (AvgIpc) is 3.84. The van der Waals surface area contributed by atoms with Crippen LogP contribution in [0.15, 0.2) is 188 Å². The fourth-order valence-electron chi connectivity index (χ4n) is 9.60. The molecule has 3 heterocycles. The molecule has 13 rings (SSSR count). The van der Waals surface area contributed by atoms with Crippen LogP contribution in [0.2, 0.25) is 0 Å². The first-order valence-electron chi connectivity index (χ1n) is 19.7. The Morgan fingerprint density at radius 2 is 0.931 bits per heavy atom. The lowest BCUT2D eigenvalue weighted by atomic mass is 9.93. The molecule has 0 aliphatic rings. The summed E-state index contributed by atoms with van der Waals surface area (Å²) in [5.41, 5.74) is 9.72. The molecule has 0 bridgehead atoms. The van der Waals surface area contributed by atoms with Crippen LogP contribution in [-0.2, 0) is 0 Å². The summed E-state index contributed by atoms with van der Waals surface area (Å²) in [5.74, 6) is 0.661. The number of hydrogen-bond acceptors (Lipinski definition) is 3. The van der Waals surface area contributed by atoms with Gasteiger partial charge in [0.25, 0.3) is 0 Å². The molecule has 0 unspecified atom stereocenters. The monoisotopic (exact) mass is 753 g/mol. The SMILES string of the molecule is c1ccc(-c2cc(-c3ccccc3)cc(-c3nc(-n4c5cccc6c7ccccc7c7cccc8sc9ccc4c(c9c87)c65)nc4c3ccc3ccccc34)c2)cc1. The van der Waals surface area contributed by atoms with E-state index >= 15 is 0 Å². The van der Waals surface area contributed by atoms with E-state index in [0.29, 0.717) is 5.95 Å². The van der Waals surface area contributed by atoms with Crippen LogP contribution in [0, 0.1) is 0 Å². The smallest absolute Gasteiger partial charge is 0.235 e. The van der Waals surface area contributed by atoms with Gasteiger partial charge in [-0.05, 0) is 97.7 Å². The van der Waals surface area contributed by atoms with Crippen LogP contribution in [0.5, 0.6) is 0 Å². The molecular formula is C54H31N3S. The number of hydrogen-bond donors (Lipinski definition) is 0. The van der Waals surface area contributed by atoms with Gasteiger partial charge in [-0.1, -0.05) is 140 Å². The first-order valence-corrected chi connectivity index (χ1v) is 20.6. The zero-order valence-electron chi connectivity index (χ0n) is 31.1. The summed E-state index contributed by atoms with van der Waals surface area (Å²) in [7, 11) is 0. The topological polar surface area (TPSA) is 30.7 Å². The third-order valence-corrected chi connectivity index (χ3v) is 13.2. The van der Waals surface area contributed by atoms with Crippen molar-refractivity contribution in [3.63, 3.8) is 0 Å². The van der Waals surface area contributed by atoms with E-state index in [9.17, 15) is 0 Å². The fraction of sp³-hybridized carbons (Fsp3) is 0. The Labute approximate surface area is 337 Å². The lowest BCUT2D eigenvalue weighted by molar-refractivity contribution is 1.02. The van der Waals surface area contributed by atoms with Crippen LogP contribution in [0.3, 0.4) is 0 Å². The van der Waals surface area contributed by atoms with Gasteiger partial charge in [0.2, 0.25) is 5.95 Å². The highest BCUT2D eigenvalue weighted by molar-refractivity contribution is 7.26. The fourth-order valence-corrected chi connectivity index (χ4v) is 10.7. The predicted octanol–water partition coefficient (Wildman–Crippen LogP) is 15.0. The van der Waals surface area contributed by atoms with Crippen molar-refractivity contribution in [2.45, 2.75) is 0 Å². The minimum Gasteiger partial charge on any atom is -0.278 e. The zero-order valence-corrected chi connectivity index (χ0v) is 32.0. The van der Waals surface area contributed by atoms with E-state index in [1.165, 1.54) is 52.5 Å². The Hall–Kier alpha value is -7.40. The minimum absolute atomic E-state index is 0.661. The third-order valence-electron chi connectivity index (χ3n) is 12.1. The van der Waals surface area contributed by atoms with Crippen molar-refractivity contribution < 1.29 is 0 Å². The molecule has 0 saturated carbocycles. The predicted molar refractivity (Wildman–Crippen MR) is 247 cm³/mol. The summed E-state index contributed by atoms with van der Waals surface area (Å²) < 4.78 is 4.93. The second kappa shape index (κ2) is 12.1. The Kier molecular flexibility index (Phi) is 6.60. The second-order valence-electron chi connectivity index (χ2n) is 15.3. The molecule has 3 nitrogen and oxygen atoms in total. The van der Waals surface area contributed by atoms with E-state index in [1.54, 1.807) is 0 Å². The Morgan fingerprint density at radius 3 is 1.67 bits per heavy atom. The van der Waals surface area contributed by atoms with Crippen molar-refractivity contribution in [1.82, 2.24) is 14.5 Å². The van der Waals surface area contributed by atoms with Crippen molar-refractivity contribution in [3.05, 3.63) is 188 Å². The van der Waals surface area contributed by atoms with Gasteiger partial charge in [0.1, 0.15) is 0 Å². The molecule has 4 heteroatoms. The maximum Gasteiger partial charge on any atom is 0.235 e. The van der Waals surface area contributed by atoms with Crippen LogP contribution in [0.25, 0.3) is 125 Å². The van der Waals surface area contributed by atoms with Crippen molar-refractivity contribution in [1.29, 1.82) is 0 Å². The second-order valence-corrected chi connectivity index (χ2v) is 16.4. The molecule has 0 radical (unpaired) electrons. The molecular weight excluding hydrogens is 723 g/mol. The minimum atomic E-state index is 0.661. The number of aromatic nitrogens is 3. The molecule has 0 saturated heterocycles. The highest BCUT2D eigenvalue weighted by Crippen LogP contribution is 2.49. The maximum absolute atomic E-state index is 5.69. The van der Waals surface area contributed by atoms with E-state index in [0.717, 1.165) is 66.2 Å². The number of thiophene rings is 1. The van der Waals surface area contributed by atoms with E-state index < -0.39 is 0 Å². The van der Waals surface area contributed by atoms with Gasteiger partial charge in [-0.3, -0.25) is 4.57 Å². The molecule has 58 heavy (non-hydrogen) atoms. The highest BCUT2D eigenvalue weighted by atomic mass is 32.1. The average molecular weight is 754 g/mol. The van der Waals surface area contributed by atoms with Gasteiger partial charge in [-0.25, -0.2) is 9.97 Å². The van der Waals surface area contributed by atoms with Crippen LogP contribution >= 0.6 is 11.3 Å². The molecule has 0 atom stereocenters. The van der Waals surface area contributed by atoms with Crippen molar-refractivity contribution in [2.75, 3.05) is 0 Å². The first kappa shape index (κ1) is 31.8. The Bertz CT molecular complexity index is 3730. The van der Waals surface area contributed by atoms with Crippen LogP contribution in [-0.4, -0.2) is 14.5 Å². The summed E-state index contributed by atoms with van der Waals surface area (Å²) in [6.07, 6.45) is 0. The number of fused-ring (bicyclic) bond motifs is 6. The van der Waals surface area contributed by atoms with Gasteiger partial charge in [0.15, 0.2) is 0 Å². The molecule has 13 aromatic rings. The third kappa shape index (κ3) is 4.49. The van der Waals surface area contributed by atoms with Crippen LogP contribution in [0.4, 0.5) is 0 Å². The normalized spacial score (nSPS) is 12.1. The largest absolute Gasteiger partial charge is 0.278 e. The molecule has 3 aromatic heterocycles. The number of benzene rings is 9. The van der Waals surface area contributed by atoms with Crippen molar-refractivity contribution in [2.24, 2.45) is 0 Å².